The van der Waals surface area contributed by atoms with E-state index in [1.807, 2.05) is 6.92 Å². The highest BCUT2D eigenvalue weighted by molar-refractivity contribution is 8.01. The monoisotopic (exact) mass is 467 g/mol. The summed E-state index contributed by atoms with van der Waals surface area (Å²) in [5.74, 6) is -2.80. The molecule has 3 atom stereocenters. The number of rotatable bonds is 5. The molecule has 0 spiro atoms. The van der Waals surface area contributed by atoms with E-state index >= 15 is 0 Å². The fourth-order valence-electron chi connectivity index (χ4n) is 3.63. The maximum absolute atomic E-state index is 13.4. The zero-order valence-corrected chi connectivity index (χ0v) is 18.3. The normalized spacial score (nSPS) is 23.5. The molecule has 31 heavy (non-hydrogen) atoms. The van der Waals surface area contributed by atoms with Crippen LogP contribution in [0.25, 0.3) is 11.3 Å². The minimum absolute atomic E-state index is 0.0842. The Hall–Kier alpha value is -2.53. The number of hydrogen-bond donors (Lipinski definition) is 1. The quantitative estimate of drug-likeness (QED) is 0.678. The first-order chi connectivity index (χ1) is 14.7. The van der Waals surface area contributed by atoms with Crippen molar-refractivity contribution >= 4 is 46.0 Å². The van der Waals surface area contributed by atoms with Gasteiger partial charge in [0.15, 0.2) is 22.9 Å². The molecule has 2 aliphatic heterocycles. The zero-order valence-electron chi connectivity index (χ0n) is 16.7. The largest absolute Gasteiger partial charge is 0.451 e. The molecule has 2 fully saturated rings. The van der Waals surface area contributed by atoms with E-state index in [0.717, 1.165) is 23.5 Å². The van der Waals surface area contributed by atoms with Crippen LogP contribution in [0.15, 0.2) is 23.6 Å². The van der Waals surface area contributed by atoms with Crippen molar-refractivity contribution in [1.29, 1.82) is 0 Å². The number of hydrogen-bond acceptors (Lipinski definition) is 7. The van der Waals surface area contributed by atoms with Gasteiger partial charge in [0.1, 0.15) is 6.04 Å². The van der Waals surface area contributed by atoms with E-state index < -0.39 is 40.5 Å². The third kappa shape index (κ3) is 4.16. The fraction of sp³-hybridized carbons (Fsp3) is 0.400. The first-order valence-electron chi connectivity index (χ1n) is 9.56. The molecule has 0 unspecified atom stereocenters. The lowest BCUT2D eigenvalue weighted by atomic mass is 10.2. The average molecular weight is 468 g/mol. The number of thiazole rings is 1. The van der Waals surface area contributed by atoms with Crippen LogP contribution in [0.2, 0.25) is 0 Å². The summed E-state index contributed by atoms with van der Waals surface area (Å²) in [5.41, 5.74) is 0.742. The lowest BCUT2D eigenvalue weighted by molar-refractivity contribution is -0.160. The third-order valence-corrected chi connectivity index (χ3v) is 7.59. The van der Waals surface area contributed by atoms with E-state index in [1.54, 1.807) is 22.0 Å². The van der Waals surface area contributed by atoms with Crippen molar-refractivity contribution in [2.75, 3.05) is 11.1 Å². The summed E-state index contributed by atoms with van der Waals surface area (Å²) in [6, 6.07) is 2.70. The topological polar surface area (TPSA) is 88.6 Å². The van der Waals surface area contributed by atoms with E-state index in [1.165, 1.54) is 13.0 Å². The number of esters is 1. The second kappa shape index (κ2) is 8.19. The van der Waals surface area contributed by atoms with Crippen molar-refractivity contribution in [3.63, 3.8) is 0 Å². The van der Waals surface area contributed by atoms with Gasteiger partial charge in [-0.05, 0) is 38.5 Å². The molecular weight excluding hydrogens is 448 g/mol. The summed E-state index contributed by atoms with van der Waals surface area (Å²) in [6.45, 7) is 3.36. The zero-order chi connectivity index (χ0) is 22.3. The van der Waals surface area contributed by atoms with E-state index in [0.29, 0.717) is 29.9 Å². The Morgan fingerprint density at radius 1 is 1.35 bits per heavy atom. The number of anilines is 1. The number of benzene rings is 1. The van der Waals surface area contributed by atoms with Gasteiger partial charge < -0.3 is 9.64 Å². The number of halogens is 2. The summed E-state index contributed by atoms with van der Waals surface area (Å²) >= 11 is 2.64. The van der Waals surface area contributed by atoms with Crippen molar-refractivity contribution in [2.24, 2.45) is 0 Å². The predicted octanol–water partition coefficient (Wildman–Crippen LogP) is 3.41. The van der Waals surface area contributed by atoms with Gasteiger partial charge in [-0.1, -0.05) is 0 Å². The standard InChI is InChI=1S/C20H19F2N3O4S2/c1-10(29-18(28)15-9-31-20(2)6-5-16(26)25(15)20)17(27)24-19-23-14(8-30-19)11-3-4-12(21)13(22)7-11/h3-4,7-8,10,15H,5-6,9H2,1-2H3,(H,23,24,27)/t10-,15+,20-/m0/s1. The molecule has 0 aliphatic carbocycles. The van der Waals surface area contributed by atoms with Gasteiger partial charge in [-0.25, -0.2) is 18.6 Å². The van der Waals surface area contributed by atoms with Crippen LogP contribution >= 0.6 is 23.1 Å². The molecule has 2 aliphatic rings. The Balaban J connectivity index is 1.37. The summed E-state index contributed by atoms with van der Waals surface area (Å²) in [7, 11) is 0. The maximum Gasteiger partial charge on any atom is 0.330 e. The maximum atomic E-state index is 13.4. The number of nitrogens with zero attached hydrogens (tertiary/aromatic N) is 2. The van der Waals surface area contributed by atoms with Gasteiger partial charge >= 0.3 is 5.97 Å². The summed E-state index contributed by atoms with van der Waals surface area (Å²) < 4.78 is 31.8. The highest BCUT2D eigenvalue weighted by atomic mass is 32.2. The van der Waals surface area contributed by atoms with Crippen LogP contribution in [0.1, 0.15) is 26.7 Å². The van der Waals surface area contributed by atoms with Gasteiger partial charge in [0.05, 0.1) is 10.6 Å². The lowest BCUT2D eigenvalue weighted by Crippen LogP contribution is -2.48. The van der Waals surface area contributed by atoms with Gasteiger partial charge in [-0.2, -0.15) is 0 Å². The molecule has 3 heterocycles. The number of carbonyl (C=O) groups excluding carboxylic acids is 3. The van der Waals surface area contributed by atoms with Gasteiger partial charge in [-0.15, -0.1) is 23.1 Å². The number of fused-ring (bicyclic) bond motifs is 1. The Morgan fingerprint density at radius 2 is 2.13 bits per heavy atom. The van der Waals surface area contributed by atoms with Crippen LogP contribution in [0, 0.1) is 11.6 Å². The summed E-state index contributed by atoms with van der Waals surface area (Å²) in [5, 5.41) is 4.37. The number of ether oxygens (including phenoxy) is 1. The van der Waals surface area contributed by atoms with Crippen molar-refractivity contribution in [3.05, 3.63) is 35.2 Å². The number of aromatic nitrogens is 1. The lowest BCUT2D eigenvalue weighted by Gasteiger charge is -2.29. The second-order valence-corrected chi connectivity index (χ2v) is 9.86. The van der Waals surface area contributed by atoms with Gasteiger partial charge in [0.25, 0.3) is 5.91 Å². The third-order valence-electron chi connectivity index (χ3n) is 5.33. The van der Waals surface area contributed by atoms with Crippen LogP contribution in [-0.2, 0) is 19.1 Å². The van der Waals surface area contributed by atoms with E-state index in [4.69, 9.17) is 4.74 Å². The average Bonchev–Trinajstić information content (AvgIpc) is 3.40. The predicted molar refractivity (Wildman–Crippen MR) is 112 cm³/mol. The molecule has 11 heteroatoms. The van der Waals surface area contributed by atoms with E-state index in [9.17, 15) is 23.2 Å². The highest BCUT2D eigenvalue weighted by Crippen LogP contribution is 2.47. The number of nitrogens with one attached hydrogen (secondary N) is 1. The summed E-state index contributed by atoms with van der Waals surface area (Å²) in [6.07, 6.45) is -0.0217. The highest BCUT2D eigenvalue weighted by Gasteiger charge is 2.53. The summed E-state index contributed by atoms with van der Waals surface area (Å²) in [4.78, 5) is 42.6. The van der Waals surface area contributed by atoms with Crippen LogP contribution in [0.4, 0.5) is 13.9 Å². The molecule has 2 aromatic rings. The molecule has 2 amide bonds. The Kier molecular flexibility index (Phi) is 5.73. The van der Waals surface area contributed by atoms with Crippen molar-refractivity contribution in [3.8, 4) is 11.3 Å². The van der Waals surface area contributed by atoms with Gasteiger partial charge in [0, 0.05) is 23.1 Å². The molecule has 1 aromatic carbocycles. The first kappa shape index (κ1) is 21.7. The molecule has 164 valence electrons. The number of amides is 2. The molecular formula is C20H19F2N3O4S2. The Morgan fingerprint density at radius 3 is 2.87 bits per heavy atom. The molecule has 1 aromatic heterocycles. The second-order valence-electron chi connectivity index (χ2n) is 7.50. The number of thioether (sulfide) groups is 1. The van der Waals surface area contributed by atoms with Crippen LogP contribution < -0.4 is 5.32 Å². The minimum Gasteiger partial charge on any atom is -0.451 e. The van der Waals surface area contributed by atoms with Gasteiger partial charge in [-0.3, -0.25) is 14.9 Å². The van der Waals surface area contributed by atoms with E-state index in [-0.39, 0.29) is 11.0 Å². The van der Waals surface area contributed by atoms with Crippen molar-refractivity contribution in [2.45, 2.75) is 43.7 Å². The molecule has 1 N–H and O–H groups in total. The Bertz CT molecular complexity index is 1060. The molecule has 4 rings (SSSR count). The molecule has 7 nitrogen and oxygen atoms in total. The van der Waals surface area contributed by atoms with Crippen molar-refractivity contribution in [1.82, 2.24) is 9.88 Å². The van der Waals surface area contributed by atoms with Crippen LogP contribution in [0.3, 0.4) is 0 Å². The molecule has 0 radical (unpaired) electrons. The number of carbonyl (C=O) groups is 3. The SMILES string of the molecule is C[C@H](OC(=O)[C@H]1CS[C@@]2(C)CCC(=O)N12)C(=O)Nc1nc(-c2ccc(F)c(F)c2)cs1. The molecule has 0 saturated carbocycles. The van der Waals surface area contributed by atoms with Gasteiger partial charge in [0.2, 0.25) is 5.91 Å². The van der Waals surface area contributed by atoms with Crippen LogP contribution in [-0.4, -0.2) is 50.4 Å². The first-order valence-corrected chi connectivity index (χ1v) is 11.4. The minimum atomic E-state index is -1.10. The fourth-order valence-corrected chi connectivity index (χ4v) is 5.77. The molecule has 2 saturated heterocycles. The Labute approximate surface area is 185 Å². The smallest absolute Gasteiger partial charge is 0.330 e. The van der Waals surface area contributed by atoms with Crippen molar-refractivity contribution < 1.29 is 27.9 Å². The van der Waals surface area contributed by atoms with Crippen LogP contribution in [0.5, 0.6) is 0 Å². The molecule has 0 bridgehead atoms. The van der Waals surface area contributed by atoms with E-state index in [2.05, 4.69) is 10.3 Å².